The Hall–Kier alpha value is -0.950. The predicted octanol–water partition coefficient (Wildman–Crippen LogP) is 2.14. The van der Waals surface area contributed by atoms with Gasteiger partial charge in [-0.3, -0.25) is 4.79 Å². The third-order valence-electron chi connectivity index (χ3n) is 3.80. The van der Waals surface area contributed by atoms with Gasteiger partial charge in [0.25, 0.3) is 0 Å². The summed E-state index contributed by atoms with van der Waals surface area (Å²) in [6, 6.07) is 0. The lowest BCUT2D eigenvalue weighted by Gasteiger charge is -2.21. The Morgan fingerprint density at radius 3 is 2.76 bits per heavy atom. The lowest BCUT2D eigenvalue weighted by atomic mass is 9.87. The standard InChI is InChI=1S/C14H22N2O3S2/c17-14(15-7-6-12-4-2-1-3-5-12)10-21(18,19)9-13-8-20-11-16-13/h8,11-12H,1-7,9-10H2,(H,15,17). The van der Waals surface area contributed by atoms with E-state index in [0.29, 0.717) is 18.2 Å². The number of thiazole rings is 1. The van der Waals surface area contributed by atoms with E-state index in [-0.39, 0.29) is 5.75 Å². The van der Waals surface area contributed by atoms with Gasteiger partial charge in [0.2, 0.25) is 5.91 Å². The van der Waals surface area contributed by atoms with Gasteiger partial charge in [-0.05, 0) is 12.3 Å². The van der Waals surface area contributed by atoms with Gasteiger partial charge in [0, 0.05) is 11.9 Å². The van der Waals surface area contributed by atoms with Crippen LogP contribution in [0.2, 0.25) is 0 Å². The maximum atomic E-state index is 11.9. The molecule has 0 aromatic carbocycles. The second-order valence-electron chi connectivity index (χ2n) is 5.65. The van der Waals surface area contributed by atoms with Crippen molar-refractivity contribution in [3.63, 3.8) is 0 Å². The number of nitrogens with one attached hydrogen (secondary N) is 1. The summed E-state index contributed by atoms with van der Waals surface area (Å²) in [7, 11) is -3.43. The number of hydrogen-bond donors (Lipinski definition) is 1. The van der Waals surface area contributed by atoms with Crippen LogP contribution in [0.15, 0.2) is 10.9 Å². The number of carbonyl (C=O) groups excluding carboxylic acids is 1. The van der Waals surface area contributed by atoms with Crippen LogP contribution in [0, 0.1) is 5.92 Å². The summed E-state index contributed by atoms with van der Waals surface area (Å²) in [6.45, 7) is 0.579. The van der Waals surface area contributed by atoms with Gasteiger partial charge in [-0.1, -0.05) is 32.1 Å². The van der Waals surface area contributed by atoms with E-state index >= 15 is 0 Å². The first kappa shape index (κ1) is 16.4. The molecule has 5 nitrogen and oxygen atoms in total. The highest BCUT2D eigenvalue weighted by Gasteiger charge is 2.19. The van der Waals surface area contributed by atoms with Gasteiger partial charge in [0.15, 0.2) is 9.84 Å². The first-order valence-electron chi connectivity index (χ1n) is 7.39. The number of sulfone groups is 1. The van der Waals surface area contributed by atoms with Crippen molar-refractivity contribution in [2.75, 3.05) is 12.3 Å². The summed E-state index contributed by atoms with van der Waals surface area (Å²) in [6.07, 6.45) is 7.30. The molecular formula is C14H22N2O3S2. The van der Waals surface area contributed by atoms with E-state index in [1.165, 1.54) is 43.4 Å². The lowest BCUT2D eigenvalue weighted by Crippen LogP contribution is -2.32. The van der Waals surface area contributed by atoms with Crippen LogP contribution >= 0.6 is 11.3 Å². The van der Waals surface area contributed by atoms with E-state index < -0.39 is 21.5 Å². The molecule has 1 amide bonds. The van der Waals surface area contributed by atoms with Crippen molar-refractivity contribution in [1.29, 1.82) is 0 Å². The summed E-state index contributed by atoms with van der Waals surface area (Å²) in [5, 5.41) is 4.42. The van der Waals surface area contributed by atoms with Crippen LogP contribution in [0.25, 0.3) is 0 Å². The van der Waals surface area contributed by atoms with Crippen LogP contribution in [0.4, 0.5) is 0 Å². The van der Waals surface area contributed by atoms with Crippen molar-refractivity contribution < 1.29 is 13.2 Å². The van der Waals surface area contributed by atoms with E-state index in [4.69, 9.17) is 0 Å². The first-order valence-corrected chi connectivity index (χ1v) is 10.2. The zero-order valence-corrected chi connectivity index (χ0v) is 13.7. The van der Waals surface area contributed by atoms with Gasteiger partial charge in [0.05, 0.1) is 17.0 Å². The van der Waals surface area contributed by atoms with Gasteiger partial charge < -0.3 is 5.32 Å². The number of hydrogen-bond acceptors (Lipinski definition) is 5. The van der Waals surface area contributed by atoms with Crippen molar-refractivity contribution in [2.45, 2.75) is 44.3 Å². The lowest BCUT2D eigenvalue weighted by molar-refractivity contribution is -0.118. The Kier molecular flexibility index (Phi) is 6.17. The summed E-state index contributed by atoms with van der Waals surface area (Å²) in [4.78, 5) is 15.7. The molecule has 21 heavy (non-hydrogen) atoms. The molecule has 1 aromatic rings. The molecule has 1 heterocycles. The molecule has 1 fully saturated rings. The Morgan fingerprint density at radius 1 is 1.33 bits per heavy atom. The van der Waals surface area contributed by atoms with Gasteiger partial charge in [0.1, 0.15) is 5.75 Å². The molecule has 0 aliphatic heterocycles. The molecular weight excluding hydrogens is 308 g/mol. The fraction of sp³-hybridized carbons (Fsp3) is 0.714. The highest BCUT2D eigenvalue weighted by Crippen LogP contribution is 2.25. The fourth-order valence-corrected chi connectivity index (χ4v) is 4.60. The predicted molar refractivity (Wildman–Crippen MR) is 83.8 cm³/mol. The molecule has 0 unspecified atom stereocenters. The minimum atomic E-state index is -3.43. The summed E-state index contributed by atoms with van der Waals surface area (Å²) < 4.78 is 23.8. The Bertz CT molecular complexity index is 535. The van der Waals surface area contributed by atoms with Gasteiger partial charge >= 0.3 is 0 Å². The number of rotatable bonds is 7. The minimum absolute atomic E-state index is 0.160. The average Bonchev–Trinajstić information content (AvgIpc) is 2.91. The molecule has 1 aliphatic rings. The number of carbonyl (C=O) groups is 1. The quantitative estimate of drug-likeness (QED) is 0.831. The van der Waals surface area contributed by atoms with Crippen LogP contribution in [0.3, 0.4) is 0 Å². The molecule has 0 atom stereocenters. The summed E-state index contributed by atoms with van der Waals surface area (Å²) in [5.74, 6) is -0.325. The SMILES string of the molecule is O=C(CS(=O)(=O)Cc1cscn1)NCCC1CCCCC1. The van der Waals surface area contributed by atoms with E-state index in [9.17, 15) is 13.2 Å². The smallest absolute Gasteiger partial charge is 0.235 e. The molecule has 1 aromatic heterocycles. The third-order valence-corrected chi connectivity index (χ3v) is 5.87. The first-order chi connectivity index (χ1) is 10.1. The molecule has 0 bridgehead atoms. The van der Waals surface area contributed by atoms with Crippen molar-refractivity contribution in [2.24, 2.45) is 5.92 Å². The molecule has 1 aliphatic carbocycles. The van der Waals surface area contributed by atoms with Crippen LogP contribution in [-0.4, -0.2) is 31.6 Å². The highest BCUT2D eigenvalue weighted by atomic mass is 32.2. The molecule has 2 rings (SSSR count). The van der Waals surface area contributed by atoms with Gasteiger partial charge in [-0.2, -0.15) is 0 Å². The maximum absolute atomic E-state index is 11.9. The highest BCUT2D eigenvalue weighted by molar-refractivity contribution is 7.91. The van der Waals surface area contributed by atoms with Crippen LogP contribution < -0.4 is 5.32 Å². The minimum Gasteiger partial charge on any atom is -0.355 e. The second-order valence-corrected chi connectivity index (χ2v) is 8.44. The van der Waals surface area contributed by atoms with Gasteiger partial charge in [-0.25, -0.2) is 13.4 Å². The Balaban J connectivity index is 1.68. The summed E-state index contributed by atoms with van der Waals surface area (Å²) in [5.41, 5.74) is 2.10. The number of nitrogens with zero attached hydrogens (tertiary/aromatic N) is 1. The maximum Gasteiger partial charge on any atom is 0.235 e. The molecule has 0 spiro atoms. The number of amides is 1. The largest absolute Gasteiger partial charge is 0.355 e. The molecule has 7 heteroatoms. The third kappa shape index (κ3) is 6.13. The van der Waals surface area contributed by atoms with Crippen molar-refractivity contribution in [1.82, 2.24) is 10.3 Å². The fourth-order valence-electron chi connectivity index (χ4n) is 2.73. The zero-order valence-electron chi connectivity index (χ0n) is 12.1. The van der Waals surface area contributed by atoms with Gasteiger partial charge in [-0.15, -0.1) is 11.3 Å². The topological polar surface area (TPSA) is 76.1 Å². The molecule has 0 radical (unpaired) electrons. The molecule has 1 N–H and O–H groups in total. The normalized spacial score (nSPS) is 16.8. The average molecular weight is 330 g/mol. The Labute approximate surface area is 130 Å². The van der Waals surface area contributed by atoms with Crippen molar-refractivity contribution in [3.05, 3.63) is 16.6 Å². The van der Waals surface area contributed by atoms with Crippen LogP contribution in [0.1, 0.15) is 44.2 Å². The second kappa shape index (κ2) is 7.89. The van der Waals surface area contributed by atoms with E-state index in [1.54, 1.807) is 10.9 Å². The van der Waals surface area contributed by atoms with Crippen molar-refractivity contribution >= 4 is 27.1 Å². The van der Waals surface area contributed by atoms with E-state index in [0.717, 1.165) is 6.42 Å². The van der Waals surface area contributed by atoms with E-state index in [1.807, 2.05) is 0 Å². The number of aromatic nitrogens is 1. The van der Waals surface area contributed by atoms with Crippen molar-refractivity contribution in [3.8, 4) is 0 Å². The molecule has 118 valence electrons. The molecule has 0 saturated heterocycles. The van der Waals surface area contributed by atoms with Crippen LogP contribution in [0.5, 0.6) is 0 Å². The summed E-state index contributed by atoms with van der Waals surface area (Å²) >= 11 is 1.35. The molecule has 1 saturated carbocycles. The Morgan fingerprint density at radius 2 is 2.10 bits per heavy atom. The van der Waals surface area contributed by atoms with E-state index in [2.05, 4.69) is 10.3 Å². The zero-order chi connectivity index (χ0) is 15.1. The monoisotopic (exact) mass is 330 g/mol. The van der Waals surface area contributed by atoms with Crippen LogP contribution in [-0.2, 0) is 20.4 Å².